The Hall–Kier alpha value is -3.63. The van der Waals surface area contributed by atoms with Crippen molar-refractivity contribution in [3.05, 3.63) is 35.9 Å². The van der Waals surface area contributed by atoms with Crippen LogP contribution in [0.2, 0.25) is 0 Å². The van der Waals surface area contributed by atoms with Crippen molar-refractivity contribution in [2.45, 2.75) is 71.4 Å². The van der Waals surface area contributed by atoms with E-state index in [-0.39, 0.29) is 6.61 Å². The maximum atomic E-state index is 12.7. The molecule has 188 valence electrons. The average molecular weight is 479 g/mol. The summed E-state index contributed by atoms with van der Waals surface area (Å²) in [5.74, 6) is -2.90. The van der Waals surface area contributed by atoms with Crippen molar-refractivity contribution in [2.24, 2.45) is 5.73 Å². The van der Waals surface area contributed by atoms with Crippen molar-refractivity contribution >= 4 is 29.8 Å². The number of nitrogens with two attached hydrogens (primary N) is 1. The minimum atomic E-state index is -1.31. The highest BCUT2D eigenvalue weighted by Gasteiger charge is 2.32. The molecule has 0 saturated carbocycles. The molecule has 0 bridgehead atoms. The van der Waals surface area contributed by atoms with Crippen LogP contribution in [0.5, 0.6) is 0 Å². The van der Waals surface area contributed by atoms with E-state index in [1.165, 1.54) is 20.9 Å². The summed E-state index contributed by atoms with van der Waals surface area (Å²) in [4.78, 5) is 62.2. The van der Waals surface area contributed by atoms with Gasteiger partial charge in [0.15, 0.2) is 0 Å². The summed E-state index contributed by atoms with van der Waals surface area (Å²) in [7, 11) is 1.37. The molecular weight excluding hydrogens is 444 g/mol. The van der Waals surface area contributed by atoms with Gasteiger partial charge < -0.3 is 30.7 Å². The molecule has 11 nitrogen and oxygen atoms in total. The third kappa shape index (κ3) is 9.88. The van der Waals surface area contributed by atoms with Gasteiger partial charge >= 0.3 is 12.1 Å². The van der Waals surface area contributed by atoms with Crippen LogP contribution < -0.4 is 16.4 Å². The highest BCUT2D eigenvalue weighted by atomic mass is 16.6. The zero-order valence-electron chi connectivity index (χ0n) is 20.4. The monoisotopic (exact) mass is 478 g/mol. The van der Waals surface area contributed by atoms with Gasteiger partial charge in [0.25, 0.3) is 0 Å². The Labute approximate surface area is 199 Å². The number of esters is 1. The highest BCUT2D eigenvalue weighted by molar-refractivity contribution is 5.94. The van der Waals surface area contributed by atoms with Gasteiger partial charge in [-0.15, -0.1) is 0 Å². The number of nitrogens with one attached hydrogen (secondary N) is 2. The Morgan fingerprint density at radius 3 is 2.15 bits per heavy atom. The van der Waals surface area contributed by atoms with E-state index < -0.39 is 59.9 Å². The average Bonchev–Trinajstić information content (AvgIpc) is 2.74. The summed E-state index contributed by atoms with van der Waals surface area (Å²) >= 11 is 0. The largest absolute Gasteiger partial charge is 0.458 e. The molecule has 0 saturated heterocycles. The van der Waals surface area contributed by atoms with E-state index in [0.29, 0.717) is 0 Å². The van der Waals surface area contributed by atoms with Crippen LogP contribution in [0.3, 0.4) is 0 Å². The minimum Gasteiger partial charge on any atom is -0.458 e. The molecule has 1 rings (SSSR count). The summed E-state index contributed by atoms with van der Waals surface area (Å²) in [5.41, 5.74) is 5.13. The Morgan fingerprint density at radius 2 is 1.62 bits per heavy atom. The maximum absolute atomic E-state index is 12.7. The number of alkyl carbamates (subject to hydrolysis) is 1. The SMILES string of the molecule is C[C@H](NC(=O)OCc1ccccc1)C(=O)N(C)[C@@H](C)C(=O)N[C@@H](CC(N)=O)C(=O)OC(C)(C)C. The molecule has 0 radical (unpaired) electrons. The first-order valence-electron chi connectivity index (χ1n) is 10.8. The van der Waals surface area contributed by atoms with Gasteiger partial charge in [-0.3, -0.25) is 14.4 Å². The van der Waals surface area contributed by atoms with Crippen LogP contribution in [0.25, 0.3) is 0 Å². The van der Waals surface area contributed by atoms with Crippen molar-refractivity contribution < 1.29 is 33.4 Å². The second kappa shape index (κ2) is 12.6. The Bertz CT molecular complexity index is 883. The second-order valence-electron chi connectivity index (χ2n) is 8.82. The number of primary amides is 1. The fourth-order valence-corrected chi connectivity index (χ4v) is 2.74. The van der Waals surface area contributed by atoms with Crippen LogP contribution in [0, 0.1) is 0 Å². The van der Waals surface area contributed by atoms with Gasteiger partial charge in [0, 0.05) is 7.05 Å². The number of ether oxygens (including phenoxy) is 2. The predicted molar refractivity (Wildman–Crippen MR) is 123 cm³/mol. The van der Waals surface area contributed by atoms with Crippen LogP contribution in [-0.2, 0) is 35.3 Å². The summed E-state index contributed by atoms with van der Waals surface area (Å²) in [6.45, 7) is 7.84. The number of carbonyl (C=O) groups excluding carboxylic acids is 5. The van der Waals surface area contributed by atoms with E-state index in [1.807, 2.05) is 6.07 Å². The number of carbonyl (C=O) groups is 5. The van der Waals surface area contributed by atoms with Crippen molar-refractivity contribution in [1.82, 2.24) is 15.5 Å². The molecule has 0 aliphatic carbocycles. The molecule has 4 N–H and O–H groups in total. The van der Waals surface area contributed by atoms with Crippen molar-refractivity contribution in [3.63, 3.8) is 0 Å². The number of hydrogen-bond donors (Lipinski definition) is 3. The van der Waals surface area contributed by atoms with Gasteiger partial charge in [-0.25, -0.2) is 9.59 Å². The Morgan fingerprint density at radius 1 is 1.03 bits per heavy atom. The topological polar surface area (TPSA) is 157 Å². The Kier molecular flexibility index (Phi) is 10.5. The molecule has 0 aliphatic heterocycles. The van der Waals surface area contributed by atoms with Crippen molar-refractivity contribution in [1.29, 1.82) is 0 Å². The molecule has 0 fully saturated rings. The minimum absolute atomic E-state index is 0.0359. The van der Waals surface area contributed by atoms with E-state index in [0.717, 1.165) is 10.5 Å². The van der Waals surface area contributed by atoms with E-state index in [4.69, 9.17) is 15.2 Å². The van der Waals surface area contributed by atoms with Gasteiger partial charge in [-0.2, -0.15) is 0 Å². The van der Waals surface area contributed by atoms with Crippen molar-refractivity contribution in [2.75, 3.05) is 7.05 Å². The number of likely N-dealkylation sites (N-methyl/N-ethyl adjacent to an activating group) is 1. The summed E-state index contributed by atoms with van der Waals surface area (Å²) in [6, 6.07) is 5.70. The lowest BCUT2D eigenvalue weighted by Gasteiger charge is -2.29. The molecule has 4 amide bonds. The Balaban J connectivity index is 2.69. The molecular formula is C23H34N4O7. The normalized spacial score (nSPS) is 13.6. The molecule has 1 aromatic rings. The summed E-state index contributed by atoms with van der Waals surface area (Å²) in [6.07, 6.45) is -1.25. The fraction of sp³-hybridized carbons (Fsp3) is 0.522. The molecule has 0 spiro atoms. The number of amides is 4. The van der Waals surface area contributed by atoms with E-state index in [1.54, 1.807) is 45.0 Å². The van der Waals surface area contributed by atoms with Gasteiger partial charge in [0.05, 0.1) is 6.42 Å². The molecule has 11 heteroatoms. The molecule has 0 unspecified atom stereocenters. The van der Waals surface area contributed by atoms with E-state index in [2.05, 4.69) is 10.6 Å². The summed E-state index contributed by atoms with van der Waals surface area (Å²) in [5, 5.41) is 4.82. The smallest absolute Gasteiger partial charge is 0.408 e. The number of nitrogens with zero attached hydrogens (tertiary/aromatic N) is 1. The van der Waals surface area contributed by atoms with Crippen LogP contribution >= 0.6 is 0 Å². The first kappa shape index (κ1) is 28.4. The highest BCUT2D eigenvalue weighted by Crippen LogP contribution is 2.11. The first-order valence-corrected chi connectivity index (χ1v) is 10.8. The van der Waals surface area contributed by atoms with Crippen LogP contribution in [0.1, 0.15) is 46.6 Å². The molecule has 0 aliphatic rings. The molecule has 1 aromatic carbocycles. The second-order valence-corrected chi connectivity index (χ2v) is 8.82. The van der Waals surface area contributed by atoms with Gasteiger partial charge in [0.2, 0.25) is 17.7 Å². The van der Waals surface area contributed by atoms with Crippen LogP contribution in [0.4, 0.5) is 4.79 Å². The molecule has 34 heavy (non-hydrogen) atoms. The van der Waals surface area contributed by atoms with Gasteiger partial charge in [0.1, 0.15) is 30.3 Å². The lowest BCUT2D eigenvalue weighted by atomic mass is 10.1. The van der Waals surface area contributed by atoms with Crippen LogP contribution in [0.15, 0.2) is 30.3 Å². The number of benzene rings is 1. The van der Waals surface area contributed by atoms with Crippen molar-refractivity contribution in [3.8, 4) is 0 Å². The third-order valence-electron chi connectivity index (χ3n) is 4.64. The molecule has 0 aromatic heterocycles. The van der Waals surface area contributed by atoms with E-state index >= 15 is 0 Å². The zero-order valence-corrected chi connectivity index (χ0v) is 20.4. The number of rotatable bonds is 10. The van der Waals surface area contributed by atoms with Gasteiger partial charge in [-0.1, -0.05) is 30.3 Å². The zero-order chi connectivity index (χ0) is 26.1. The predicted octanol–water partition coefficient (Wildman–Crippen LogP) is 0.850. The number of hydrogen-bond acceptors (Lipinski definition) is 7. The van der Waals surface area contributed by atoms with Gasteiger partial charge in [-0.05, 0) is 40.2 Å². The molecule has 3 atom stereocenters. The standard InChI is InChI=1S/C23H34N4O7/c1-14(25-22(32)33-13-16-10-8-7-9-11-16)20(30)27(6)15(2)19(29)26-17(12-18(24)28)21(31)34-23(3,4)5/h7-11,14-15,17H,12-13H2,1-6H3,(H2,24,28)(H,25,32)(H,26,29)/t14-,15-,17-/m0/s1. The lowest BCUT2D eigenvalue weighted by Crippen LogP contribution is -2.55. The molecule has 0 heterocycles. The lowest BCUT2D eigenvalue weighted by molar-refractivity contribution is -0.160. The maximum Gasteiger partial charge on any atom is 0.408 e. The van der Waals surface area contributed by atoms with Crippen LogP contribution in [-0.4, -0.2) is 65.5 Å². The first-order chi connectivity index (χ1) is 15.7. The third-order valence-corrected chi connectivity index (χ3v) is 4.64. The fourth-order valence-electron chi connectivity index (χ4n) is 2.74. The quantitative estimate of drug-likeness (QED) is 0.421. The van der Waals surface area contributed by atoms with E-state index in [9.17, 15) is 24.0 Å². The summed E-state index contributed by atoms with van der Waals surface area (Å²) < 4.78 is 10.3.